The highest BCUT2D eigenvalue weighted by Crippen LogP contribution is 2.33. The number of rotatable bonds is 2. The molecular formula is C10H7BrF3NO. The van der Waals surface area contributed by atoms with Gasteiger partial charge in [-0.25, -0.2) is 0 Å². The van der Waals surface area contributed by atoms with Gasteiger partial charge in [-0.1, -0.05) is 22.5 Å². The van der Waals surface area contributed by atoms with E-state index in [1.807, 2.05) is 0 Å². The van der Waals surface area contributed by atoms with Crippen LogP contribution in [0.2, 0.25) is 0 Å². The van der Waals surface area contributed by atoms with Crippen molar-refractivity contribution in [2.45, 2.75) is 6.18 Å². The van der Waals surface area contributed by atoms with Crippen LogP contribution in [0, 0.1) is 0 Å². The predicted octanol–water partition coefficient (Wildman–Crippen LogP) is 3.59. The summed E-state index contributed by atoms with van der Waals surface area (Å²) in [7, 11) is 0. The van der Waals surface area contributed by atoms with Crippen molar-refractivity contribution in [3.63, 3.8) is 0 Å². The average molecular weight is 294 g/mol. The number of carbonyl (C=O) groups is 1. The Bertz CT molecular complexity index is 429. The quantitative estimate of drug-likeness (QED) is 0.830. The highest BCUT2D eigenvalue weighted by atomic mass is 79.9. The maximum atomic E-state index is 12.4. The maximum absolute atomic E-state index is 12.4. The van der Waals surface area contributed by atoms with Crippen molar-refractivity contribution in [1.82, 2.24) is 0 Å². The molecule has 2 nitrogen and oxygen atoms in total. The molecule has 1 N–H and O–H groups in total. The van der Waals surface area contributed by atoms with Crippen molar-refractivity contribution in [2.24, 2.45) is 0 Å². The topological polar surface area (TPSA) is 29.1 Å². The number of halogens is 4. The van der Waals surface area contributed by atoms with Gasteiger partial charge in [-0.3, -0.25) is 4.79 Å². The van der Waals surface area contributed by atoms with Crippen LogP contribution in [0.3, 0.4) is 0 Å². The molecule has 0 spiro atoms. The summed E-state index contributed by atoms with van der Waals surface area (Å²) in [4.78, 5) is 10.9. The van der Waals surface area contributed by atoms with Gasteiger partial charge in [0.15, 0.2) is 0 Å². The number of alkyl halides is 3. The number of hydrogen-bond donors (Lipinski definition) is 1. The van der Waals surface area contributed by atoms with Crippen molar-refractivity contribution in [2.75, 3.05) is 5.32 Å². The summed E-state index contributed by atoms with van der Waals surface area (Å²) in [6.07, 6.45) is -3.47. The van der Waals surface area contributed by atoms with Crippen molar-refractivity contribution in [3.8, 4) is 0 Å². The molecule has 16 heavy (non-hydrogen) atoms. The second kappa shape index (κ2) is 4.69. The number of nitrogens with one attached hydrogen (secondary N) is 1. The lowest BCUT2D eigenvalue weighted by Crippen LogP contribution is -2.10. The summed E-state index contributed by atoms with van der Waals surface area (Å²) < 4.78 is 37.5. The first-order valence-corrected chi connectivity index (χ1v) is 4.93. The molecule has 6 heteroatoms. The van der Waals surface area contributed by atoms with Crippen LogP contribution in [-0.4, -0.2) is 5.91 Å². The Morgan fingerprint density at radius 1 is 1.38 bits per heavy atom. The molecule has 1 aromatic rings. The first-order valence-electron chi connectivity index (χ1n) is 4.14. The van der Waals surface area contributed by atoms with Crippen LogP contribution in [0.5, 0.6) is 0 Å². The Balaban J connectivity index is 3.08. The second-order valence-electron chi connectivity index (χ2n) is 2.92. The van der Waals surface area contributed by atoms with Crippen molar-refractivity contribution >= 4 is 27.5 Å². The fraction of sp³-hybridized carbons (Fsp3) is 0.100. The molecule has 1 amide bonds. The van der Waals surface area contributed by atoms with E-state index in [-0.39, 0.29) is 10.2 Å². The summed E-state index contributed by atoms with van der Waals surface area (Å²) in [5.74, 6) is -0.564. The minimum absolute atomic E-state index is 0.0617. The molecular weight excluding hydrogens is 287 g/mol. The smallest absolute Gasteiger partial charge is 0.322 e. The second-order valence-corrected chi connectivity index (χ2v) is 3.84. The van der Waals surface area contributed by atoms with Crippen LogP contribution >= 0.6 is 15.9 Å². The number of carbonyl (C=O) groups excluding carboxylic acids is 1. The van der Waals surface area contributed by atoms with E-state index in [1.54, 1.807) is 0 Å². The monoisotopic (exact) mass is 293 g/mol. The molecule has 0 unspecified atom stereocenters. The van der Waals surface area contributed by atoms with E-state index >= 15 is 0 Å². The Kier molecular flexibility index (Phi) is 3.74. The lowest BCUT2D eigenvalue weighted by Gasteiger charge is -2.10. The normalized spacial score (nSPS) is 11.0. The zero-order chi connectivity index (χ0) is 12.3. The number of amides is 1. The van der Waals surface area contributed by atoms with Crippen LogP contribution < -0.4 is 5.32 Å². The summed E-state index contributed by atoms with van der Waals surface area (Å²) in [6, 6.07) is 3.16. The van der Waals surface area contributed by atoms with E-state index in [2.05, 4.69) is 27.8 Å². The van der Waals surface area contributed by atoms with Gasteiger partial charge in [0.1, 0.15) is 0 Å². The Morgan fingerprint density at radius 2 is 2.00 bits per heavy atom. The van der Waals surface area contributed by atoms with Gasteiger partial charge in [-0.15, -0.1) is 0 Å². The number of benzene rings is 1. The molecule has 0 radical (unpaired) electrons. The lowest BCUT2D eigenvalue weighted by molar-refractivity contribution is -0.137. The number of anilines is 1. The molecule has 0 saturated heterocycles. The SMILES string of the molecule is C=CC(=O)Nc1cc(Br)cc(C(F)(F)F)c1. The third-order valence-electron chi connectivity index (χ3n) is 1.68. The molecule has 1 aromatic carbocycles. The fourth-order valence-electron chi connectivity index (χ4n) is 1.02. The summed E-state index contributed by atoms with van der Waals surface area (Å²) >= 11 is 2.94. The summed E-state index contributed by atoms with van der Waals surface area (Å²) in [6.45, 7) is 3.20. The van der Waals surface area contributed by atoms with Gasteiger partial charge < -0.3 is 5.32 Å². The van der Waals surface area contributed by atoms with Crippen molar-refractivity contribution < 1.29 is 18.0 Å². The van der Waals surface area contributed by atoms with Crippen LogP contribution in [0.15, 0.2) is 35.3 Å². The molecule has 0 fully saturated rings. The third-order valence-corrected chi connectivity index (χ3v) is 2.14. The van der Waals surface area contributed by atoms with Crippen LogP contribution in [0.25, 0.3) is 0 Å². The van der Waals surface area contributed by atoms with Gasteiger partial charge in [0, 0.05) is 10.2 Å². The standard InChI is InChI=1S/C10H7BrF3NO/c1-2-9(16)15-8-4-6(10(12,13)14)3-7(11)5-8/h2-5H,1H2,(H,15,16). The highest BCUT2D eigenvalue weighted by Gasteiger charge is 2.31. The first-order chi connectivity index (χ1) is 7.32. The molecule has 0 aliphatic rings. The van der Waals surface area contributed by atoms with Crippen LogP contribution in [0.4, 0.5) is 18.9 Å². The van der Waals surface area contributed by atoms with Crippen LogP contribution in [-0.2, 0) is 11.0 Å². The van der Waals surface area contributed by atoms with Gasteiger partial charge >= 0.3 is 6.18 Å². The van der Waals surface area contributed by atoms with Gasteiger partial charge in [-0.05, 0) is 24.3 Å². The zero-order valence-electron chi connectivity index (χ0n) is 7.94. The predicted molar refractivity (Wildman–Crippen MR) is 58.0 cm³/mol. The summed E-state index contributed by atoms with van der Waals surface area (Å²) in [5, 5.41) is 2.26. The largest absolute Gasteiger partial charge is 0.416 e. The van der Waals surface area contributed by atoms with E-state index in [1.165, 1.54) is 6.07 Å². The lowest BCUT2D eigenvalue weighted by atomic mass is 10.2. The molecule has 86 valence electrons. The molecule has 0 atom stereocenters. The van der Waals surface area contributed by atoms with E-state index in [4.69, 9.17) is 0 Å². The van der Waals surface area contributed by atoms with Gasteiger partial charge in [0.25, 0.3) is 0 Å². The Morgan fingerprint density at radius 3 is 2.50 bits per heavy atom. The van der Waals surface area contributed by atoms with Gasteiger partial charge in [-0.2, -0.15) is 13.2 Å². The number of hydrogen-bond acceptors (Lipinski definition) is 1. The van der Waals surface area contributed by atoms with Crippen molar-refractivity contribution in [3.05, 3.63) is 40.9 Å². The first kappa shape index (κ1) is 12.8. The van der Waals surface area contributed by atoms with E-state index < -0.39 is 17.6 Å². The average Bonchev–Trinajstić information content (AvgIpc) is 2.15. The van der Waals surface area contributed by atoms with Crippen molar-refractivity contribution in [1.29, 1.82) is 0 Å². The molecule has 1 rings (SSSR count). The fourth-order valence-corrected chi connectivity index (χ4v) is 1.51. The van der Waals surface area contributed by atoms with Crippen LogP contribution in [0.1, 0.15) is 5.56 Å². The maximum Gasteiger partial charge on any atom is 0.416 e. The third kappa shape index (κ3) is 3.37. The molecule has 0 aliphatic heterocycles. The molecule has 0 aliphatic carbocycles. The minimum atomic E-state index is -4.45. The Labute approximate surface area is 98.3 Å². The summed E-state index contributed by atoms with van der Waals surface area (Å²) in [5.41, 5.74) is -0.771. The van der Waals surface area contributed by atoms with Gasteiger partial charge in [0.05, 0.1) is 5.56 Å². The Hall–Kier alpha value is -1.30. The van der Waals surface area contributed by atoms with E-state index in [0.717, 1.165) is 18.2 Å². The molecule has 0 bridgehead atoms. The van der Waals surface area contributed by atoms with E-state index in [0.29, 0.717) is 0 Å². The zero-order valence-corrected chi connectivity index (χ0v) is 9.52. The molecule has 0 heterocycles. The highest BCUT2D eigenvalue weighted by molar-refractivity contribution is 9.10. The molecule has 0 aromatic heterocycles. The van der Waals surface area contributed by atoms with Gasteiger partial charge in [0.2, 0.25) is 5.91 Å². The molecule has 0 saturated carbocycles. The minimum Gasteiger partial charge on any atom is -0.322 e. The van der Waals surface area contributed by atoms with E-state index in [9.17, 15) is 18.0 Å².